The van der Waals surface area contributed by atoms with E-state index in [0.29, 0.717) is 43.6 Å². The molecule has 7 heteroatoms. The molecular formula is C22H23FN2O4. The van der Waals surface area contributed by atoms with Crippen LogP contribution in [0.5, 0.6) is 0 Å². The summed E-state index contributed by atoms with van der Waals surface area (Å²) in [6, 6.07) is 12.7. The smallest absolute Gasteiger partial charge is 0.306 e. The molecule has 0 unspecified atom stereocenters. The molecule has 0 atom stereocenters. The molecule has 0 saturated carbocycles. The van der Waals surface area contributed by atoms with E-state index < -0.39 is 5.97 Å². The molecule has 1 aliphatic rings. The van der Waals surface area contributed by atoms with E-state index >= 15 is 0 Å². The molecule has 1 fully saturated rings. The maximum absolute atomic E-state index is 12.9. The summed E-state index contributed by atoms with van der Waals surface area (Å²) in [5.74, 6) is -1.80. The highest BCUT2D eigenvalue weighted by Crippen LogP contribution is 2.20. The average Bonchev–Trinajstić information content (AvgIpc) is 2.73. The predicted octanol–water partition coefficient (Wildman–Crippen LogP) is 3.33. The Kier molecular flexibility index (Phi) is 6.59. The van der Waals surface area contributed by atoms with E-state index in [4.69, 9.17) is 5.11 Å². The Hall–Kier alpha value is -3.22. The fourth-order valence-electron chi connectivity index (χ4n) is 3.34. The van der Waals surface area contributed by atoms with Crippen molar-refractivity contribution in [1.82, 2.24) is 4.90 Å². The van der Waals surface area contributed by atoms with Crippen molar-refractivity contribution >= 4 is 23.5 Å². The fourth-order valence-corrected chi connectivity index (χ4v) is 3.34. The van der Waals surface area contributed by atoms with Gasteiger partial charge in [-0.2, -0.15) is 0 Å². The number of halogens is 1. The molecule has 6 nitrogen and oxygen atoms in total. The predicted molar refractivity (Wildman–Crippen MR) is 106 cm³/mol. The normalized spacial score (nSPS) is 14.4. The van der Waals surface area contributed by atoms with E-state index in [1.54, 1.807) is 41.3 Å². The van der Waals surface area contributed by atoms with Crippen LogP contribution in [0.1, 0.15) is 35.2 Å². The first-order valence-electron chi connectivity index (χ1n) is 9.59. The summed E-state index contributed by atoms with van der Waals surface area (Å²) in [7, 11) is 0. The molecule has 2 N–H and O–H groups in total. The second kappa shape index (κ2) is 9.32. The quantitative estimate of drug-likeness (QED) is 0.781. The van der Waals surface area contributed by atoms with Gasteiger partial charge in [0.15, 0.2) is 0 Å². The van der Waals surface area contributed by atoms with E-state index in [0.717, 1.165) is 5.56 Å². The van der Waals surface area contributed by atoms with Gasteiger partial charge < -0.3 is 15.3 Å². The van der Waals surface area contributed by atoms with Crippen molar-refractivity contribution in [2.75, 3.05) is 18.4 Å². The summed E-state index contributed by atoms with van der Waals surface area (Å²) in [5, 5.41) is 11.8. The van der Waals surface area contributed by atoms with E-state index in [1.807, 2.05) is 0 Å². The van der Waals surface area contributed by atoms with Gasteiger partial charge in [0.05, 0.1) is 5.92 Å². The molecular weight excluding hydrogens is 375 g/mol. The van der Waals surface area contributed by atoms with Gasteiger partial charge in [-0.15, -0.1) is 0 Å². The van der Waals surface area contributed by atoms with Crippen LogP contribution in [0, 0.1) is 11.7 Å². The molecule has 3 rings (SSSR count). The van der Waals surface area contributed by atoms with Crippen LogP contribution in [0.2, 0.25) is 0 Å². The first-order valence-corrected chi connectivity index (χ1v) is 9.59. The van der Waals surface area contributed by atoms with E-state index in [1.165, 1.54) is 12.1 Å². The molecule has 0 bridgehead atoms. The zero-order valence-corrected chi connectivity index (χ0v) is 15.9. The van der Waals surface area contributed by atoms with Gasteiger partial charge in [-0.3, -0.25) is 14.4 Å². The zero-order chi connectivity index (χ0) is 20.8. The van der Waals surface area contributed by atoms with Gasteiger partial charge in [0.1, 0.15) is 5.82 Å². The van der Waals surface area contributed by atoms with Crippen LogP contribution < -0.4 is 5.32 Å². The van der Waals surface area contributed by atoms with Crippen molar-refractivity contribution in [2.45, 2.75) is 25.7 Å². The van der Waals surface area contributed by atoms with E-state index in [2.05, 4.69) is 5.32 Å². The number of hydrogen-bond acceptors (Lipinski definition) is 3. The molecule has 0 aromatic heterocycles. The van der Waals surface area contributed by atoms with Crippen molar-refractivity contribution in [3.63, 3.8) is 0 Å². The molecule has 1 aliphatic heterocycles. The van der Waals surface area contributed by atoms with E-state index in [-0.39, 0.29) is 30.0 Å². The second-order valence-electron chi connectivity index (χ2n) is 7.16. The van der Waals surface area contributed by atoms with Crippen LogP contribution in [0.4, 0.5) is 10.1 Å². The Labute approximate surface area is 168 Å². The number of rotatable bonds is 6. The van der Waals surface area contributed by atoms with Crippen molar-refractivity contribution in [2.24, 2.45) is 5.92 Å². The number of amides is 2. The van der Waals surface area contributed by atoms with Crippen LogP contribution in [-0.2, 0) is 16.0 Å². The molecule has 0 spiro atoms. The molecule has 29 heavy (non-hydrogen) atoms. The Morgan fingerprint density at radius 3 is 2.21 bits per heavy atom. The van der Waals surface area contributed by atoms with E-state index in [9.17, 15) is 18.8 Å². The van der Waals surface area contributed by atoms with Crippen LogP contribution in [-0.4, -0.2) is 40.9 Å². The third-order valence-electron chi connectivity index (χ3n) is 5.10. The first-order chi connectivity index (χ1) is 13.9. The molecule has 152 valence electrons. The number of nitrogens with zero attached hydrogens (tertiary/aromatic N) is 1. The Morgan fingerprint density at radius 1 is 1.00 bits per heavy atom. The maximum Gasteiger partial charge on any atom is 0.306 e. The molecule has 1 saturated heterocycles. The number of carboxylic acid groups (broad SMARTS) is 1. The molecule has 2 aromatic rings. The lowest BCUT2D eigenvalue weighted by Gasteiger charge is -2.30. The summed E-state index contributed by atoms with van der Waals surface area (Å²) >= 11 is 0. The number of carbonyl (C=O) groups excluding carboxylic acids is 2. The molecule has 2 amide bonds. The van der Waals surface area contributed by atoms with Gasteiger partial charge in [0.2, 0.25) is 5.91 Å². The number of anilines is 1. The minimum absolute atomic E-state index is 0.136. The Morgan fingerprint density at radius 2 is 1.62 bits per heavy atom. The molecule has 1 heterocycles. The number of carbonyl (C=O) groups is 3. The average molecular weight is 398 g/mol. The van der Waals surface area contributed by atoms with Gasteiger partial charge in [0, 0.05) is 30.8 Å². The van der Waals surface area contributed by atoms with Gasteiger partial charge in [-0.25, -0.2) is 4.39 Å². The third-order valence-corrected chi connectivity index (χ3v) is 5.10. The van der Waals surface area contributed by atoms with Gasteiger partial charge >= 0.3 is 5.97 Å². The van der Waals surface area contributed by atoms with Crippen LogP contribution in [0.3, 0.4) is 0 Å². The summed E-state index contributed by atoms with van der Waals surface area (Å²) < 4.78 is 12.9. The number of nitrogens with one attached hydrogen (secondary N) is 1. The van der Waals surface area contributed by atoms with Crippen molar-refractivity contribution in [3.8, 4) is 0 Å². The second-order valence-corrected chi connectivity index (χ2v) is 7.16. The SMILES string of the molecule is O=C(CCc1ccc(F)cc1)Nc1ccc(C(=O)N2CCC(C(=O)O)CC2)cc1. The van der Waals surface area contributed by atoms with Crippen LogP contribution >= 0.6 is 0 Å². The molecule has 2 aromatic carbocycles. The number of aryl methyl sites for hydroxylation is 1. The van der Waals surface area contributed by atoms with Crippen molar-refractivity contribution < 1.29 is 23.9 Å². The van der Waals surface area contributed by atoms with Gasteiger partial charge in [-0.1, -0.05) is 12.1 Å². The number of carboxylic acids is 1. The van der Waals surface area contributed by atoms with Gasteiger partial charge in [-0.05, 0) is 61.2 Å². The minimum Gasteiger partial charge on any atom is -0.481 e. The third kappa shape index (κ3) is 5.63. The van der Waals surface area contributed by atoms with Gasteiger partial charge in [0.25, 0.3) is 5.91 Å². The summed E-state index contributed by atoms with van der Waals surface area (Å²) in [4.78, 5) is 37.3. The fraction of sp³-hybridized carbons (Fsp3) is 0.318. The lowest BCUT2D eigenvalue weighted by Crippen LogP contribution is -2.40. The Bertz CT molecular complexity index is 873. The first kappa shape index (κ1) is 20.5. The summed E-state index contributed by atoms with van der Waals surface area (Å²) in [6.07, 6.45) is 1.70. The summed E-state index contributed by atoms with van der Waals surface area (Å²) in [5.41, 5.74) is 1.98. The number of aliphatic carboxylic acids is 1. The number of benzene rings is 2. The highest BCUT2D eigenvalue weighted by atomic mass is 19.1. The molecule has 0 aliphatic carbocycles. The van der Waals surface area contributed by atoms with Crippen molar-refractivity contribution in [3.05, 3.63) is 65.5 Å². The largest absolute Gasteiger partial charge is 0.481 e. The monoisotopic (exact) mass is 398 g/mol. The highest BCUT2D eigenvalue weighted by molar-refractivity contribution is 5.96. The van der Waals surface area contributed by atoms with Crippen LogP contribution in [0.15, 0.2) is 48.5 Å². The highest BCUT2D eigenvalue weighted by Gasteiger charge is 2.27. The number of hydrogen-bond donors (Lipinski definition) is 2. The molecule has 0 radical (unpaired) electrons. The Balaban J connectivity index is 1.49. The number of likely N-dealkylation sites (tertiary alicyclic amines) is 1. The minimum atomic E-state index is -0.809. The maximum atomic E-state index is 12.9. The topological polar surface area (TPSA) is 86.7 Å². The standard InChI is InChI=1S/C22H23FN2O4/c23-18-6-1-15(2-7-18)3-10-20(26)24-19-8-4-16(5-9-19)21(27)25-13-11-17(12-14-25)22(28)29/h1-2,4-9,17H,3,10-14H2,(H,24,26)(H,28,29). The zero-order valence-electron chi connectivity index (χ0n) is 15.9. The van der Waals surface area contributed by atoms with Crippen molar-refractivity contribution in [1.29, 1.82) is 0 Å². The number of piperidine rings is 1. The lowest BCUT2D eigenvalue weighted by atomic mass is 9.96. The van der Waals surface area contributed by atoms with Crippen LogP contribution in [0.25, 0.3) is 0 Å². The lowest BCUT2D eigenvalue weighted by molar-refractivity contribution is -0.143. The summed E-state index contributed by atoms with van der Waals surface area (Å²) in [6.45, 7) is 0.856.